The van der Waals surface area contributed by atoms with Crippen LogP contribution in [0.4, 0.5) is 0 Å². The van der Waals surface area contributed by atoms with Gasteiger partial charge in [-0.05, 0) is 64.2 Å². The minimum absolute atomic E-state index is 0.0286. The highest BCUT2D eigenvalue weighted by molar-refractivity contribution is 7.86. The Morgan fingerprint density at radius 3 is 1.52 bits per heavy atom. The molecule has 9 nitrogen and oxygen atoms in total. The molecule has 0 unspecified atom stereocenters. The number of carbonyl (C=O) groups excluding carboxylic acids is 3. The van der Waals surface area contributed by atoms with E-state index in [9.17, 15) is 27.4 Å². The largest absolute Gasteiger partial charge is 0.744 e. The fourth-order valence-electron chi connectivity index (χ4n) is 4.22. The molecule has 0 fully saturated rings. The minimum Gasteiger partial charge on any atom is -0.744 e. The summed E-state index contributed by atoms with van der Waals surface area (Å²) in [6.07, 6.45) is 0. The zero-order chi connectivity index (χ0) is 28.9. The SMILES string of the molecule is COC(=O)c1ccc(-c2cc(-c3ccc(COC=O)cc3)c(S(=O)(=O)[O-])c(-c3ccc(C(=O)OC)cc3)c2)cc1. The number of rotatable bonds is 9. The third-order valence-corrected chi connectivity index (χ3v) is 7.12. The summed E-state index contributed by atoms with van der Waals surface area (Å²) in [6, 6.07) is 22.2. The van der Waals surface area contributed by atoms with Gasteiger partial charge >= 0.3 is 11.9 Å². The molecule has 0 saturated heterocycles. The van der Waals surface area contributed by atoms with Crippen LogP contribution in [-0.4, -0.2) is 45.6 Å². The van der Waals surface area contributed by atoms with Gasteiger partial charge in [0.2, 0.25) is 0 Å². The lowest BCUT2D eigenvalue weighted by Crippen LogP contribution is -2.06. The van der Waals surface area contributed by atoms with Gasteiger partial charge < -0.3 is 18.8 Å². The first-order chi connectivity index (χ1) is 19.2. The number of hydrogen-bond acceptors (Lipinski definition) is 9. The van der Waals surface area contributed by atoms with Gasteiger partial charge in [0, 0.05) is 11.1 Å². The van der Waals surface area contributed by atoms with Gasteiger partial charge in [-0.25, -0.2) is 18.0 Å². The summed E-state index contributed by atoms with van der Waals surface area (Å²) in [7, 11) is -2.49. The van der Waals surface area contributed by atoms with Gasteiger partial charge in [-0.15, -0.1) is 0 Å². The molecular formula is C30H23O9S-. The number of methoxy groups -OCH3 is 2. The molecule has 0 atom stereocenters. The van der Waals surface area contributed by atoms with Gasteiger partial charge in [-0.2, -0.15) is 0 Å². The predicted molar refractivity (Wildman–Crippen MR) is 144 cm³/mol. The maximum Gasteiger partial charge on any atom is 0.337 e. The summed E-state index contributed by atoms with van der Waals surface area (Å²) in [5.74, 6) is -1.08. The lowest BCUT2D eigenvalue weighted by Gasteiger charge is -2.21. The summed E-state index contributed by atoms with van der Waals surface area (Å²) in [4.78, 5) is 33.9. The molecular weight excluding hydrogens is 536 g/mol. The van der Waals surface area contributed by atoms with E-state index in [1.165, 1.54) is 38.5 Å². The molecule has 40 heavy (non-hydrogen) atoms. The summed E-state index contributed by atoms with van der Waals surface area (Å²) in [5, 5.41) is 0. The van der Waals surface area contributed by atoms with E-state index in [1.807, 2.05) is 0 Å². The number of hydrogen-bond donors (Lipinski definition) is 0. The molecule has 10 heteroatoms. The fraction of sp³-hybridized carbons (Fsp3) is 0.100. The first kappa shape index (κ1) is 28.2. The molecule has 4 aromatic rings. The maximum absolute atomic E-state index is 12.7. The van der Waals surface area contributed by atoms with Crippen LogP contribution in [0.1, 0.15) is 26.3 Å². The normalized spacial score (nSPS) is 11.0. The molecule has 0 aliphatic carbocycles. The molecule has 0 heterocycles. The first-order valence-corrected chi connectivity index (χ1v) is 13.2. The van der Waals surface area contributed by atoms with Crippen LogP contribution in [0.3, 0.4) is 0 Å². The van der Waals surface area contributed by atoms with E-state index in [0.29, 0.717) is 39.9 Å². The standard InChI is InChI=1S/C30H24O9S/c1-37-29(32)23-11-7-20(8-12-23)25-15-26(21-5-3-19(4-6-21)17-39-18-31)28(40(34,35)36)27(16-25)22-9-13-24(14-10-22)30(33)38-2/h3-16,18H,17H2,1-2H3,(H,34,35,36)/p-1. The Kier molecular flexibility index (Phi) is 8.42. The maximum atomic E-state index is 12.7. The minimum atomic E-state index is -5.01. The van der Waals surface area contributed by atoms with Crippen LogP contribution in [0.25, 0.3) is 33.4 Å². The van der Waals surface area contributed by atoms with Gasteiger partial charge in [0.1, 0.15) is 16.7 Å². The quantitative estimate of drug-likeness (QED) is 0.122. The molecule has 0 radical (unpaired) electrons. The predicted octanol–water partition coefficient (Wildman–Crippen LogP) is 4.84. The smallest absolute Gasteiger partial charge is 0.337 e. The van der Waals surface area contributed by atoms with Gasteiger partial charge in [0.15, 0.2) is 0 Å². The van der Waals surface area contributed by atoms with E-state index in [1.54, 1.807) is 60.7 Å². The summed E-state index contributed by atoms with van der Waals surface area (Å²) in [6.45, 7) is 0.351. The summed E-state index contributed by atoms with van der Waals surface area (Å²) >= 11 is 0. The molecule has 0 spiro atoms. The van der Waals surface area contributed by atoms with Crippen molar-refractivity contribution >= 4 is 28.5 Å². The number of benzene rings is 4. The molecule has 0 bridgehead atoms. The van der Waals surface area contributed by atoms with Crippen LogP contribution in [-0.2, 0) is 35.7 Å². The third kappa shape index (κ3) is 6.09. The van der Waals surface area contributed by atoms with Crippen molar-refractivity contribution in [1.82, 2.24) is 0 Å². The summed E-state index contributed by atoms with van der Waals surface area (Å²) in [5.41, 5.74) is 3.56. The van der Waals surface area contributed by atoms with Gasteiger partial charge in [0.25, 0.3) is 6.47 Å². The van der Waals surface area contributed by atoms with Crippen LogP contribution >= 0.6 is 0 Å². The summed E-state index contributed by atoms with van der Waals surface area (Å²) < 4.78 is 52.4. The molecule has 0 aromatic heterocycles. The van der Waals surface area contributed by atoms with Crippen molar-refractivity contribution in [3.05, 3.63) is 102 Å². The highest BCUT2D eigenvalue weighted by Crippen LogP contribution is 2.40. The first-order valence-electron chi connectivity index (χ1n) is 11.8. The van der Waals surface area contributed by atoms with Crippen LogP contribution in [0.2, 0.25) is 0 Å². The zero-order valence-electron chi connectivity index (χ0n) is 21.4. The van der Waals surface area contributed by atoms with Crippen LogP contribution < -0.4 is 0 Å². The van der Waals surface area contributed by atoms with Crippen LogP contribution in [0, 0.1) is 0 Å². The second kappa shape index (κ2) is 11.9. The Morgan fingerprint density at radius 2 is 1.12 bits per heavy atom. The van der Waals surface area contributed by atoms with Crippen LogP contribution in [0.15, 0.2) is 89.8 Å². The van der Waals surface area contributed by atoms with Crippen molar-refractivity contribution in [3.63, 3.8) is 0 Å². The van der Waals surface area contributed by atoms with E-state index in [0.717, 1.165) is 0 Å². The second-order valence-electron chi connectivity index (χ2n) is 8.60. The molecule has 204 valence electrons. The highest BCUT2D eigenvalue weighted by atomic mass is 32.2. The monoisotopic (exact) mass is 559 g/mol. The van der Waals surface area contributed by atoms with Crippen molar-refractivity contribution in [2.75, 3.05) is 14.2 Å². The van der Waals surface area contributed by atoms with E-state index in [4.69, 9.17) is 14.2 Å². The van der Waals surface area contributed by atoms with Crippen LogP contribution in [0.5, 0.6) is 0 Å². The van der Waals surface area contributed by atoms with E-state index >= 15 is 0 Å². The number of ether oxygens (including phenoxy) is 3. The average molecular weight is 560 g/mol. The number of esters is 2. The van der Waals surface area contributed by atoms with Gasteiger partial charge in [-0.1, -0.05) is 48.5 Å². The average Bonchev–Trinajstić information content (AvgIpc) is 2.98. The lowest BCUT2D eigenvalue weighted by atomic mass is 9.92. The Labute approximate surface area is 230 Å². The molecule has 0 aliphatic heterocycles. The Balaban J connectivity index is 1.96. The van der Waals surface area contributed by atoms with E-state index < -0.39 is 27.0 Å². The number of carbonyl (C=O) groups is 3. The second-order valence-corrected chi connectivity index (χ2v) is 9.91. The lowest BCUT2D eigenvalue weighted by molar-refractivity contribution is -0.129. The third-order valence-electron chi connectivity index (χ3n) is 6.18. The van der Waals surface area contributed by atoms with Crippen molar-refractivity contribution in [1.29, 1.82) is 0 Å². The van der Waals surface area contributed by atoms with Crippen molar-refractivity contribution in [3.8, 4) is 33.4 Å². The molecule has 0 amide bonds. The van der Waals surface area contributed by atoms with Crippen molar-refractivity contribution in [2.45, 2.75) is 11.5 Å². The zero-order valence-corrected chi connectivity index (χ0v) is 22.3. The Bertz CT molecular complexity index is 1660. The topological polar surface area (TPSA) is 136 Å². The molecule has 0 aliphatic rings. The molecule has 0 N–H and O–H groups in total. The highest BCUT2D eigenvalue weighted by Gasteiger charge is 2.21. The fourth-order valence-corrected chi connectivity index (χ4v) is 5.12. The van der Waals surface area contributed by atoms with Crippen molar-refractivity contribution in [2.24, 2.45) is 0 Å². The van der Waals surface area contributed by atoms with Gasteiger partial charge in [0.05, 0.1) is 30.2 Å². The molecule has 4 rings (SSSR count). The van der Waals surface area contributed by atoms with E-state index in [-0.39, 0.29) is 23.3 Å². The van der Waals surface area contributed by atoms with E-state index in [2.05, 4.69) is 0 Å². The Hall–Kier alpha value is -4.80. The van der Waals surface area contributed by atoms with Gasteiger partial charge in [-0.3, -0.25) is 4.79 Å². The Morgan fingerprint density at radius 1 is 0.700 bits per heavy atom. The molecule has 4 aromatic carbocycles. The van der Waals surface area contributed by atoms with Crippen molar-refractivity contribution < 1.29 is 41.6 Å². The molecule has 0 saturated carbocycles.